The lowest BCUT2D eigenvalue weighted by molar-refractivity contribution is -0.142. The number of carbonyl (C=O) groups excluding carboxylic acids is 2. The van der Waals surface area contributed by atoms with Gasteiger partial charge in [0.2, 0.25) is 11.8 Å². The van der Waals surface area contributed by atoms with Crippen LogP contribution in [0, 0.1) is 5.92 Å². The highest BCUT2D eigenvalue weighted by molar-refractivity contribution is 5.80. The minimum absolute atomic E-state index is 0.0225. The first-order valence-electron chi connectivity index (χ1n) is 8.25. The lowest BCUT2D eigenvalue weighted by atomic mass is 9.96. The van der Waals surface area contributed by atoms with Gasteiger partial charge in [0, 0.05) is 25.2 Å². The van der Waals surface area contributed by atoms with Crippen LogP contribution in [0.2, 0.25) is 0 Å². The van der Waals surface area contributed by atoms with E-state index in [2.05, 4.69) is 10.2 Å². The summed E-state index contributed by atoms with van der Waals surface area (Å²) in [7, 11) is 0. The third-order valence-electron chi connectivity index (χ3n) is 4.06. The molecule has 0 aromatic heterocycles. The van der Waals surface area contributed by atoms with Gasteiger partial charge in [-0.15, -0.1) is 0 Å². The predicted octanol–water partition coefficient (Wildman–Crippen LogP) is 0.472. The zero-order valence-electron chi connectivity index (χ0n) is 14.1. The van der Waals surface area contributed by atoms with Crippen LogP contribution in [0.4, 0.5) is 0 Å². The van der Waals surface area contributed by atoms with Gasteiger partial charge in [0.1, 0.15) is 0 Å². The van der Waals surface area contributed by atoms with E-state index in [4.69, 9.17) is 4.74 Å². The number of nitrogens with zero attached hydrogens (tertiary/aromatic N) is 2. The summed E-state index contributed by atoms with van der Waals surface area (Å²) in [5.41, 5.74) is -0.212. The lowest BCUT2D eigenvalue weighted by Gasteiger charge is -2.36. The molecule has 126 valence electrons. The van der Waals surface area contributed by atoms with Crippen LogP contribution in [0.25, 0.3) is 0 Å². The summed E-state index contributed by atoms with van der Waals surface area (Å²) < 4.78 is 5.30. The number of likely N-dealkylation sites (tertiary alicyclic amines) is 1. The highest BCUT2D eigenvalue weighted by Crippen LogP contribution is 2.19. The van der Waals surface area contributed by atoms with Gasteiger partial charge in [-0.2, -0.15) is 0 Å². The Balaban J connectivity index is 1.83. The number of carbonyl (C=O) groups is 2. The molecule has 2 aliphatic heterocycles. The van der Waals surface area contributed by atoms with E-state index >= 15 is 0 Å². The molecule has 2 aliphatic rings. The van der Waals surface area contributed by atoms with Gasteiger partial charge in [-0.25, -0.2) is 0 Å². The summed E-state index contributed by atoms with van der Waals surface area (Å²) in [4.78, 5) is 28.6. The Bertz CT molecular complexity index is 400. The SMILES string of the molecule is CC(C)(C)NC(=O)CN1CCCC(C(=O)N2CCOCC2)C1. The highest BCUT2D eigenvalue weighted by Gasteiger charge is 2.30. The van der Waals surface area contributed by atoms with Crippen molar-refractivity contribution in [3.8, 4) is 0 Å². The molecule has 6 heteroatoms. The summed E-state index contributed by atoms with van der Waals surface area (Å²) in [6.45, 7) is 10.6. The van der Waals surface area contributed by atoms with Crippen LogP contribution >= 0.6 is 0 Å². The third-order valence-corrected chi connectivity index (χ3v) is 4.06. The predicted molar refractivity (Wildman–Crippen MR) is 84.5 cm³/mol. The summed E-state index contributed by atoms with van der Waals surface area (Å²) in [6.07, 6.45) is 1.90. The van der Waals surface area contributed by atoms with Crippen LogP contribution in [-0.2, 0) is 14.3 Å². The molecule has 2 saturated heterocycles. The fourth-order valence-electron chi connectivity index (χ4n) is 3.10. The number of amides is 2. The fraction of sp³-hybridized carbons (Fsp3) is 0.875. The number of ether oxygens (including phenoxy) is 1. The van der Waals surface area contributed by atoms with Crippen LogP contribution in [-0.4, -0.2) is 73.1 Å². The van der Waals surface area contributed by atoms with E-state index in [0.717, 1.165) is 19.4 Å². The van der Waals surface area contributed by atoms with Crippen LogP contribution in [0.1, 0.15) is 33.6 Å². The number of rotatable bonds is 3. The maximum Gasteiger partial charge on any atom is 0.234 e. The Labute approximate surface area is 133 Å². The first kappa shape index (κ1) is 17.2. The Morgan fingerprint density at radius 1 is 1.18 bits per heavy atom. The Hall–Kier alpha value is -1.14. The third kappa shape index (κ3) is 5.25. The molecular weight excluding hydrogens is 282 g/mol. The van der Waals surface area contributed by atoms with Crippen molar-refractivity contribution in [2.75, 3.05) is 45.9 Å². The minimum atomic E-state index is -0.212. The zero-order valence-corrected chi connectivity index (χ0v) is 14.1. The van der Waals surface area contributed by atoms with E-state index in [1.54, 1.807) is 0 Å². The van der Waals surface area contributed by atoms with Crippen molar-refractivity contribution in [3.63, 3.8) is 0 Å². The molecule has 2 heterocycles. The van der Waals surface area contributed by atoms with Gasteiger partial charge in [0.05, 0.1) is 25.7 Å². The van der Waals surface area contributed by atoms with Crippen molar-refractivity contribution in [1.82, 2.24) is 15.1 Å². The molecule has 1 N–H and O–H groups in total. The molecule has 0 spiro atoms. The molecule has 22 heavy (non-hydrogen) atoms. The van der Waals surface area contributed by atoms with Gasteiger partial charge in [-0.1, -0.05) is 0 Å². The van der Waals surface area contributed by atoms with Gasteiger partial charge in [0.15, 0.2) is 0 Å². The number of morpholine rings is 1. The van der Waals surface area contributed by atoms with Crippen LogP contribution in [0.5, 0.6) is 0 Å². The average Bonchev–Trinajstić information content (AvgIpc) is 2.45. The molecular formula is C16H29N3O3. The number of piperidine rings is 1. The first-order chi connectivity index (χ1) is 10.3. The maximum atomic E-state index is 12.6. The van der Waals surface area contributed by atoms with E-state index in [-0.39, 0.29) is 23.3 Å². The van der Waals surface area contributed by atoms with Crippen molar-refractivity contribution in [3.05, 3.63) is 0 Å². The number of hydrogen-bond acceptors (Lipinski definition) is 4. The largest absolute Gasteiger partial charge is 0.378 e. The average molecular weight is 311 g/mol. The standard InChI is InChI=1S/C16H29N3O3/c1-16(2,3)17-14(20)12-18-6-4-5-13(11-18)15(21)19-7-9-22-10-8-19/h13H,4-12H2,1-3H3,(H,17,20). The Kier molecular flexibility index (Phi) is 5.81. The van der Waals surface area contributed by atoms with E-state index < -0.39 is 0 Å². The Morgan fingerprint density at radius 2 is 1.86 bits per heavy atom. The van der Waals surface area contributed by atoms with Crippen molar-refractivity contribution in [2.24, 2.45) is 5.92 Å². The zero-order chi connectivity index (χ0) is 16.2. The van der Waals surface area contributed by atoms with Crippen molar-refractivity contribution < 1.29 is 14.3 Å². The molecule has 0 saturated carbocycles. The Morgan fingerprint density at radius 3 is 2.50 bits per heavy atom. The molecule has 2 amide bonds. The second kappa shape index (κ2) is 7.42. The van der Waals surface area contributed by atoms with E-state index in [1.165, 1.54) is 0 Å². The van der Waals surface area contributed by atoms with E-state index in [0.29, 0.717) is 39.4 Å². The quantitative estimate of drug-likeness (QED) is 0.823. The van der Waals surface area contributed by atoms with E-state index in [1.807, 2.05) is 25.7 Å². The van der Waals surface area contributed by atoms with Crippen LogP contribution < -0.4 is 5.32 Å². The summed E-state index contributed by atoms with van der Waals surface area (Å²) in [5.74, 6) is 0.283. The number of hydrogen-bond donors (Lipinski definition) is 1. The number of nitrogens with one attached hydrogen (secondary N) is 1. The lowest BCUT2D eigenvalue weighted by Crippen LogP contribution is -2.51. The molecule has 0 aliphatic carbocycles. The summed E-state index contributed by atoms with van der Waals surface area (Å²) >= 11 is 0. The van der Waals surface area contributed by atoms with Crippen LogP contribution in [0.15, 0.2) is 0 Å². The molecule has 0 aromatic carbocycles. The van der Waals surface area contributed by atoms with Gasteiger partial charge in [-0.3, -0.25) is 14.5 Å². The maximum absolute atomic E-state index is 12.6. The first-order valence-corrected chi connectivity index (χ1v) is 8.25. The molecule has 1 unspecified atom stereocenters. The van der Waals surface area contributed by atoms with Gasteiger partial charge < -0.3 is 15.0 Å². The molecule has 2 rings (SSSR count). The van der Waals surface area contributed by atoms with E-state index in [9.17, 15) is 9.59 Å². The highest BCUT2D eigenvalue weighted by atomic mass is 16.5. The molecule has 0 aromatic rings. The normalized spacial score (nSPS) is 24.1. The molecule has 1 atom stereocenters. The fourth-order valence-corrected chi connectivity index (χ4v) is 3.10. The minimum Gasteiger partial charge on any atom is -0.378 e. The van der Waals surface area contributed by atoms with Crippen molar-refractivity contribution in [2.45, 2.75) is 39.2 Å². The topological polar surface area (TPSA) is 61.9 Å². The van der Waals surface area contributed by atoms with Crippen molar-refractivity contribution >= 4 is 11.8 Å². The monoisotopic (exact) mass is 311 g/mol. The van der Waals surface area contributed by atoms with Gasteiger partial charge >= 0.3 is 0 Å². The van der Waals surface area contributed by atoms with Crippen molar-refractivity contribution in [1.29, 1.82) is 0 Å². The summed E-state index contributed by atoms with van der Waals surface area (Å²) in [5, 5.41) is 2.98. The molecule has 2 fully saturated rings. The second-order valence-electron chi connectivity index (χ2n) is 7.31. The van der Waals surface area contributed by atoms with Gasteiger partial charge in [0.25, 0.3) is 0 Å². The van der Waals surface area contributed by atoms with Gasteiger partial charge in [-0.05, 0) is 40.2 Å². The van der Waals surface area contributed by atoms with Crippen LogP contribution in [0.3, 0.4) is 0 Å². The molecule has 0 radical (unpaired) electrons. The molecule has 0 bridgehead atoms. The second-order valence-corrected chi connectivity index (χ2v) is 7.31. The summed E-state index contributed by atoms with van der Waals surface area (Å²) in [6, 6.07) is 0. The smallest absolute Gasteiger partial charge is 0.234 e. The molecule has 6 nitrogen and oxygen atoms in total.